The fourth-order valence-corrected chi connectivity index (χ4v) is 2.28. The fourth-order valence-electron chi connectivity index (χ4n) is 2.09. The summed E-state index contributed by atoms with van der Waals surface area (Å²) in [5.74, 6) is 0.873. The summed E-state index contributed by atoms with van der Waals surface area (Å²) < 4.78 is 5.77. The summed E-state index contributed by atoms with van der Waals surface area (Å²) in [6, 6.07) is 5.63. The number of halogens is 1. The van der Waals surface area contributed by atoms with E-state index in [0.717, 1.165) is 24.3 Å². The Hall–Kier alpha value is -0.730. The van der Waals surface area contributed by atoms with E-state index in [2.05, 4.69) is 6.92 Å². The molecule has 1 rings (SSSR count). The first kappa shape index (κ1) is 16.3. The van der Waals surface area contributed by atoms with Gasteiger partial charge in [-0.1, -0.05) is 57.0 Å². The Balaban J connectivity index is 2.15. The predicted molar refractivity (Wildman–Crippen MR) is 82.8 cm³/mol. The summed E-state index contributed by atoms with van der Waals surface area (Å²) in [7, 11) is 0. The lowest BCUT2D eigenvalue weighted by Crippen LogP contribution is -2.03. The lowest BCUT2D eigenvalue weighted by atomic mass is 10.1. The Morgan fingerprint density at radius 2 is 1.74 bits per heavy atom. The average molecular weight is 284 g/mol. The van der Waals surface area contributed by atoms with Crippen LogP contribution in [-0.4, -0.2) is 6.61 Å². The lowest BCUT2D eigenvalue weighted by Gasteiger charge is -2.10. The molecule has 0 aliphatic heterocycles. The molecule has 2 N–H and O–H groups in total. The van der Waals surface area contributed by atoms with Gasteiger partial charge in [-0.05, 0) is 24.6 Å². The molecular formula is C16H26ClNO. The SMILES string of the molecule is CCCCCCCCCOc1ccc(Cl)cc1CN. The molecule has 19 heavy (non-hydrogen) atoms. The molecule has 0 atom stereocenters. The third kappa shape index (κ3) is 6.84. The number of hydrogen-bond donors (Lipinski definition) is 1. The monoisotopic (exact) mass is 283 g/mol. The highest BCUT2D eigenvalue weighted by Gasteiger charge is 2.02. The van der Waals surface area contributed by atoms with Crippen LogP contribution in [0.25, 0.3) is 0 Å². The van der Waals surface area contributed by atoms with Crippen molar-refractivity contribution in [2.75, 3.05) is 6.61 Å². The molecule has 0 aliphatic rings. The first-order valence-electron chi connectivity index (χ1n) is 7.39. The molecule has 2 nitrogen and oxygen atoms in total. The minimum Gasteiger partial charge on any atom is -0.493 e. The molecule has 0 fully saturated rings. The van der Waals surface area contributed by atoms with Crippen LogP contribution in [0.15, 0.2) is 18.2 Å². The zero-order valence-corrected chi connectivity index (χ0v) is 12.7. The number of nitrogens with two attached hydrogens (primary N) is 1. The minimum absolute atomic E-state index is 0.465. The van der Waals surface area contributed by atoms with Gasteiger partial charge in [-0.15, -0.1) is 0 Å². The van der Waals surface area contributed by atoms with Gasteiger partial charge in [0.05, 0.1) is 6.61 Å². The van der Waals surface area contributed by atoms with E-state index in [0.29, 0.717) is 11.6 Å². The number of ether oxygens (including phenoxy) is 1. The van der Waals surface area contributed by atoms with Gasteiger partial charge < -0.3 is 10.5 Å². The van der Waals surface area contributed by atoms with Crippen molar-refractivity contribution in [1.29, 1.82) is 0 Å². The first-order chi connectivity index (χ1) is 9.27. The number of hydrogen-bond acceptors (Lipinski definition) is 2. The lowest BCUT2D eigenvalue weighted by molar-refractivity contribution is 0.301. The molecular weight excluding hydrogens is 258 g/mol. The minimum atomic E-state index is 0.465. The first-order valence-corrected chi connectivity index (χ1v) is 7.77. The second-order valence-corrected chi connectivity index (χ2v) is 5.36. The van der Waals surface area contributed by atoms with E-state index in [1.807, 2.05) is 18.2 Å². The largest absolute Gasteiger partial charge is 0.493 e. The van der Waals surface area contributed by atoms with Crippen molar-refractivity contribution in [3.05, 3.63) is 28.8 Å². The molecule has 0 radical (unpaired) electrons. The van der Waals surface area contributed by atoms with Crippen LogP contribution < -0.4 is 10.5 Å². The van der Waals surface area contributed by atoms with Crippen molar-refractivity contribution < 1.29 is 4.74 Å². The number of unbranched alkanes of at least 4 members (excludes halogenated alkanes) is 6. The quantitative estimate of drug-likeness (QED) is 0.618. The van der Waals surface area contributed by atoms with Crippen molar-refractivity contribution in [2.24, 2.45) is 5.73 Å². The van der Waals surface area contributed by atoms with Gasteiger partial charge in [0.25, 0.3) is 0 Å². The zero-order chi connectivity index (χ0) is 13.9. The molecule has 3 heteroatoms. The number of rotatable bonds is 10. The zero-order valence-electron chi connectivity index (χ0n) is 12.0. The maximum Gasteiger partial charge on any atom is 0.123 e. The van der Waals surface area contributed by atoms with Gasteiger partial charge in [-0.25, -0.2) is 0 Å². The van der Waals surface area contributed by atoms with Gasteiger partial charge in [0.15, 0.2) is 0 Å². The summed E-state index contributed by atoms with van der Waals surface area (Å²) in [4.78, 5) is 0. The van der Waals surface area contributed by atoms with Crippen LogP contribution in [0.4, 0.5) is 0 Å². The maximum absolute atomic E-state index is 5.93. The van der Waals surface area contributed by atoms with Gasteiger partial charge in [0, 0.05) is 17.1 Å². The van der Waals surface area contributed by atoms with Crippen LogP contribution in [0.2, 0.25) is 5.02 Å². The van der Waals surface area contributed by atoms with Gasteiger partial charge in [-0.3, -0.25) is 0 Å². The third-order valence-electron chi connectivity index (χ3n) is 3.25. The Labute approximate surface area is 122 Å². The van der Waals surface area contributed by atoms with E-state index in [9.17, 15) is 0 Å². The molecule has 0 saturated carbocycles. The van der Waals surface area contributed by atoms with Gasteiger partial charge in [0.1, 0.15) is 5.75 Å². The van der Waals surface area contributed by atoms with Gasteiger partial charge in [0.2, 0.25) is 0 Å². The van der Waals surface area contributed by atoms with Gasteiger partial charge >= 0.3 is 0 Å². The number of benzene rings is 1. The van der Waals surface area contributed by atoms with E-state index in [1.165, 1.54) is 38.5 Å². The van der Waals surface area contributed by atoms with Crippen molar-refractivity contribution in [1.82, 2.24) is 0 Å². The summed E-state index contributed by atoms with van der Waals surface area (Å²) in [6.45, 7) is 3.48. The Kier molecular flexibility index (Phi) is 8.68. The molecule has 0 amide bonds. The van der Waals surface area contributed by atoms with E-state index in [4.69, 9.17) is 22.1 Å². The van der Waals surface area contributed by atoms with Crippen LogP contribution in [-0.2, 0) is 6.54 Å². The molecule has 0 saturated heterocycles. The van der Waals surface area contributed by atoms with Crippen molar-refractivity contribution >= 4 is 11.6 Å². The summed E-state index contributed by atoms with van der Waals surface area (Å²) in [6.07, 6.45) is 9.05. The summed E-state index contributed by atoms with van der Waals surface area (Å²) >= 11 is 5.93. The Morgan fingerprint density at radius 3 is 2.42 bits per heavy atom. The molecule has 0 bridgehead atoms. The van der Waals surface area contributed by atoms with Crippen LogP contribution >= 0.6 is 11.6 Å². The molecule has 1 aromatic rings. The smallest absolute Gasteiger partial charge is 0.123 e. The van der Waals surface area contributed by atoms with Crippen molar-refractivity contribution in [3.63, 3.8) is 0 Å². The summed E-state index contributed by atoms with van der Waals surface area (Å²) in [5.41, 5.74) is 6.66. The maximum atomic E-state index is 5.93. The van der Waals surface area contributed by atoms with Crippen molar-refractivity contribution in [3.8, 4) is 5.75 Å². The fraction of sp³-hybridized carbons (Fsp3) is 0.625. The summed E-state index contributed by atoms with van der Waals surface area (Å²) in [5, 5.41) is 0.712. The van der Waals surface area contributed by atoms with Crippen LogP contribution in [0, 0.1) is 0 Å². The van der Waals surface area contributed by atoms with Gasteiger partial charge in [-0.2, -0.15) is 0 Å². The standard InChI is InChI=1S/C16H26ClNO/c1-2-3-4-5-6-7-8-11-19-16-10-9-15(17)12-14(16)13-18/h9-10,12H,2-8,11,13,18H2,1H3. The molecule has 0 unspecified atom stereocenters. The molecule has 0 spiro atoms. The Morgan fingerprint density at radius 1 is 1.05 bits per heavy atom. The topological polar surface area (TPSA) is 35.2 Å². The molecule has 0 heterocycles. The van der Waals surface area contributed by atoms with E-state index in [1.54, 1.807) is 0 Å². The Bertz CT molecular complexity index is 355. The van der Waals surface area contributed by atoms with Crippen LogP contribution in [0.5, 0.6) is 5.75 Å². The second kappa shape index (κ2) is 10.1. The normalized spacial score (nSPS) is 10.7. The van der Waals surface area contributed by atoms with E-state index < -0.39 is 0 Å². The molecule has 0 aromatic heterocycles. The average Bonchev–Trinajstić information content (AvgIpc) is 2.43. The molecule has 1 aromatic carbocycles. The van der Waals surface area contributed by atoms with Crippen LogP contribution in [0.1, 0.15) is 57.4 Å². The van der Waals surface area contributed by atoms with Crippen molar-refractivity contribution in [2.45, 2.75) is 58.4 Å². The van der Waals surface area contributed by atoms with Crippen LogP contribution in [0.3, 0.4) is 0 Å². The van der Waals surface area contributed by atoms with E-state index >= 15 is 0 Å². The molecule has 0 aliphatic carbocycles. The third-order valence-corrected chi connectivity index (χ3v) is 3.48. The highest BCUT2D eigenvalue weighted by atomic mass is 35.5. The highest BCUT2D eigenvalue weighted by Crippen LogP contribution is 2.22. The predicted octanol–water partition coefficient (Wildman–Crippen LogP) is 4.93. The highest BCUT2D eigenvalue weighted by molar-refractivity contribution is 6.30. The second-order valence-electron chi connectivity index (χ2n) is 4.93. The molecule has 108 valence electrons. The van der Waals surface area contributed by atoms with E-state index in [-0.39, 0.29) is 0 Å².